The van der Waals surface area contributed by atoms with Crippen LogP contribution in [0, 0.1) is 6.92 Å². The second-order valence-corrected chi connectivity index (χ2v) is 7.41. The Morgan fingerprint density at radius 1 is 1.10 bits per heavy atom. The zero-order chi connectivity index (χ0) is 20.5. The van der Waals surface area contributed by atoms with Gasteiger partial charge in [0.15, 0.2) is 11.7 Å². The van der Waals surface area contributed by atoms with Crippen molar-refractivity contribution in [1.29, 1.82) is 0 Å². The number of nitrogens with one attached hydrogen (secondary N) is 1. The van der Waals surface area contributed by atoms with Crippen molar-refractivity contribution < 1.29 is 9.21 Å². The van der Waals surface area contributed by atoms with Crippen LogP contribution in [0.4, 0.5) is 0 Å². The fourth-order valence-electron chi connectivity index (χ4n) is 3.14. The van der Waals surface area contributed by atoms with E-state index in [1.165, 1.54) is 11.1 Å². The number of aromatic nitrogens is 1. The van der Waals surface area contributed by atoms with E-state index in [1.54, 1.807) is 6.20 Å². The molecule has 3 aromatic rings. The highest BCUT2D eigenvalue weighted by Gasteiger charge is 2.09. The van der Waals surface area contributed by atoms with Gasteiger partial charge in [-0.2, -0.15) is 0 Å². The highest BCUT2D eigenvalue weighted by Crippen LogP contribution is 2.21. The lowest BCUT2D eigenvalue weighted by molar-refractivity contribution is -0.121. The first-order valence-corrected chi connectivity index (χ1v) is 10.1. The van der Waals surface area contributed by atoms with Crippen LogP contribution in [0.1, 0.15) is 29.9 Å². The van der Waals surface area contributed by atoms with Gasteiger partial charge in [-0.1, -0.05) is 60.2 Å². The van der Waals surface area contributed by atoms with E-state index in [0.717, 1.165) is 30.8 Å². The third-order valence-electron chi connectivity index (χ3n) is 4.79. The molecule has 152 valence electrons. The lowest BCUT2D eigenvalue weighted by atomic mass is 10.1. The Morgan fingerprint density at radius 2 is 1.86 bits per heavy atom. The molecule has 0 saturated heterocycles. The first-order chi connectivity index (χ1) is 14.1. The normalized spacial score (nSPS) is 11.0. The maximum atomic E-state index is 12.1. The zero-order valence-corrected chi connectivity index (χ0v) is 17.2. The van der Waals surface area contributed by atoms with E-state index in [1.807, 2.05) is 30.3 Å². The summed E-state index contributed by atoms with van der Waals surface area (Å²) in [5, 5.41) is 2.98. The average molecular weight is 392 g/mol. The molecule has 0 spiro atoms. The van der Waals surface area contributed by atoms with Crippen LogP contribution in [-0.2, 0) is 17.8 Å². The molecule has 0 aliphatic rings. The van der Waals surface area contributed by atoms with Crippen molar-refractivity contribution in [2.75, 3.05) is 20.1 Å². The molecule has 5 nitrogen and oxygen atoms in total. The van der Waals surface area contributed by atoms with E-state index in [4.69, 9.17) is 4.42 Å². The van der Waals surface area contributed by atoms with Crippen molar-refractivity contribution in [3.8, 4) is 11.3 Å². The average Bonchev–Trinajstić information content (AvgIpc) is 3.20. The number of carbonyl (C=O) groups is 1. The van der Waals surface area contributed by atoms with Gasteiger partial charge in [-0.3, -0.25) is 4.79 Å². The van der Waals surface area contributed by atoms with E-state index in [9.17, 15) is 4.79 Å². The highest BCUT2D eigenvalue weighted by molar-refractivity contribution is 5.76. The Morgan fingerprint density at radius 3 is 2.62 bits per heavy atom. The monoisotopic (exact) mass is 391 g/mol. The maximum absolute atomic E-state index is 12.1. The van der Waals surface area contributed by atoms with Crippen LogP contribution in [0.25, 0.3) is 11.3 Å². The predicted molar refractivity (Wildman–Crippen MR) is 115 cm³/mol. The van der Waals surface area contributed by atoms with Gasteiger partial charge in [0, 0.05) is 31.5 Å². The minimum Gasteiger partial charge on any atom is -0.441 e. The molecule has 0 fully saturated rings. The van der Waals surface area contributed by atoms with Gasteiger partial charge in [-0.05, 0) is 32.5 Å². The second-order valence-electron chi connectivity index (χ2n) is 7.41. The molecular weight excluding hydrogens is 362 g/mol. The van der Waals surface area contributed by atoms with Crippen molar-refractivity contribution in [3.63, 3.8) is 0 Å². The summed E-state index contributed by atoms with van der Waals surface area (Å²) in [4.78, 5) is 18.6. The second kappa shape index (κ2) is 10.6. The van der Waals surface area contributed by atoms with Crippen molar-refractivity contribution in [3.05, 3.63) is 77.8 Å². The molecule has 0 radical (unpaired) electrons. The lowest BCUT2D eigenvalue weighted by Crippen LogP contribution is -2.28. The summed E-state index contributed by atoms with van der Waals surface area (Å²) >= 11 is 0. The van der Waals surface area contributed by atoms with Crippen LogP contribution in [-0.4, -0.2) is 35.9 Å². The summed E-state index contributed by atoms with van der Waals surface area (Å²) in [5.74, 6) is 1.37. The largest absolute Gasteiger partial charge is 0.441 e. The third-order valence-corrected chi connectivity index (χ3v) is 4.79. The fraction of sp³-hybridized carbons (Fsp3) is 0.333. The Balaban J connectivity index is 1.32. The quantitative estimate of drug-likeness (QED) is 0.526. The SMILES string of the molecule is Cc1ccc(-c2cnc(CCC(=O)NCCCN(C)Cc3ccccc3)o2)cc1. The van der Waals surface area contributed by atoms with Gasteiger partial charge >= 0.3 is 0 Å². The van der Waals surface area contributed by atoms with Crippen LogP contribution in [0.3, 0.4) is 0 Å². The number of nitrogens with zero attached hydrogens (tertiary/aromatic N) is 2. The van der Waals surface area contributed by atoms with Crippen molar-refractivity contribution >= 4 is 5.91 Å². The van der Waals surface area contributed by atoms with Gasteiger partial charge in [-0.25, -0.2) is 4.98 Å². The summed E-state index contributed by atoms with van der Waals surface area (Å²) in [5.41, 5.74) is 3.50. The summed E-state index contributed by atoms with van der Waals surface area (Å²) in [6, 6.07) is 18.5. The molecule has 0 atom stereocenters. The van der Waals surface area contributed by atoms with E-state index < -0.39 is 0 Å². The number of carbonyl (C=O) groups excluding carboxylic acids is 1. The first kappa shape index (κ1) is 20.8. The van der Waals surface area contributed by atoms with Crippen LogP contribution >= 0.6 is 0 Å². The van der Waals surface area contributed by atoms with E-state index >= 15 is 0 Å². The number of amides is 1. The van der Waals surface area contributed by atoms with Gasteiger partial charge in [-0.15, -0.1) is 0 Å². The highest BCUT2D eigenvalue weighted by atomic mass is 16.4. The molecule has 0 saturated carbocycles. The Kier molecular flexibility index (Phi) is 7.59. The molecular formula is C24H29N3O2. The lowest BCUT2D eigenvalue weighted by Gasteiger charge is -2.16. The van der Waals surface area contributed by atoms with Crippen LogP contribution < -0.4 is 5.32 Å². The van der Waals surface area contributed by atoms with E-state index in [2.05, 4.69) is 53.4 Å². The Labute approximate surface area is 172 Å². The van der Waals surface area contributed by atoms with Crippen LogP contribution in [0.2, 0.25) is 0 Å². The fourth-order valence-corrected chi connectivity index (χ4v) is 3.14. The predicted octanol–water partition coefficient (Wildman–Crippen LogP) is 4.22. The molecule has 0 unspecified atom stereocenters. The molecule has 0 aliphatic heterocycles. The minimum absolute atomic E-state index is 0.0331. The molecule has 0 aliphatic carbocycles. The van der Waals surface area contributed by atoms with Gasteiger partial charge in [0.1, 0.15) is 0 Å². The summed E-state index contributed by atoms with van der Waals surface area (Å²) in [7, 11) is 2.10. The van der Waals surface area contributed by atoms with E-state index in [-0.39, 0.29) is 5.91 Å². The first-order valence-electron chi connectivity index (χ1n) is 10.1. The molecule has 0 bridgehead atoms. The molecule has 29 heavy (non-hydrogen) atoms. The summed E-state index contributed by atoms with van der Waals surface area (Å²) in [6.45, 7) is 4.59. The standard InChI is InChI=1S/C24H29N3O2/c1-19-9-11-21(12-10-19)22-17-26-24(29-22)14-13-23(28)25-15-6-16-27(2)18-20-7-4-3-5-8-20/h3-5,7-12,17H,6,13-16,18H2,1-2H3,(H,25,28). The molecule has 2 aromatic carbocycles. The van der Waals surface area contributed by atoms with Gasteiger partial charge in [0.25, 0.3) is 0 Å². The van der Waals surface area contributed by atoms with Crippen molar-refractivity contribution in [1.82, 2.24) is 15.2 Å². The molecule has 5 heteroatoms. The van der Waals surface area contributed by atoms with Crippen LogP contribution in [0.5, 0.6) is 0 Å². The van der Waals surface area contributed by atoms with Gasteiger partial charge in [0.2, 0.25) is 5.91 Å². The van der Waals surface area contributed by atoms with Crippen LogP contribution in [0.15, 0.2) is 65.2 Å². The number of hydrogen-bond donors (Lipinski definition) is 1. The maximum Gasteiger partial charge on any atom is 0.220 e. The number of rotatable bonds is 10. The molecule has 1 heterocycles. The molecule has 1 aromatic heterocycles. The Bertz CT molecular complexity index is 888. The number of oxazole rings is 1. The number of hydrogen-bond acceptors (Lipinski definition) is 4. The number of benzene rings is 2. The number of aryl methyl sites for hydroxylation is 2. The zero-order valence-electron chi connectivity index (χ0n) is 17.2. The smallest absolute Gasteiger partial charge is 0.220 e. The summed E-state index contributed by atoms with van der Waals surface area (Å²) in [6.07, 6.45) is 3.53. The van der Waals surface area contributed by atoms with Gasteiger partial charge < -0.3 is 14.6 Å². The van der Waals surface area contributed by atoms with Crippen molar-refractivity contribution in [2.24, 2.45) is 0 Å². The van der Waals surface area contributed by atoms with Crippen molar-refractivity contribution in [2.45, 2.75) is 32.7 Å². The molecule has 1 N–H and O–H groups in total. The van der Waals surface area contributed by atoms with Gasteiger partial charge in [0.05, 0.1) is 6.20 Å². The topological polar surface area (TPSA) is 58.4 Å². The Hall–Kier alpha value is -2.92. The summed E-state index contributed by atoms with van der Waals surface area (Å²) < 4.78 is 5.78. The minimum atomic E-state index is 0.0331. The van der Waals surface area contributed by atoms with E-state index in [0.29, 0.717) is 25.3 Å². The molecule has 1 amide bonds. The molecule has 3 rings (SSSR count). The third kappa shape index (κ3) is 6.88.